The molecular weight excluding hydrogens is 232 g/mol. The second-order valence-corrected chi connectivity index (χ2v) is 3.95. The molecule has 0 aromatic heterocycles. The number of hydrogen-bond acceptors (Lipinski definition) is 4. The topological polar surface area (TPSA) is 73.6 Å². The number of rotatable bonds is 7. The van der Waals surface area contributed by atoms with Gasteiger partial charge in [-0.3, -0.25) is 4.79 Å². The first-order valence-corrected chi connectivity index (χ1v) is 5.81. The van der Waals surface area contributed by atoms with E-state index in [0.29, 0.717) is 6.61 Å². The molecule has 1 unspecified atom stereocenters. The lowest BCUT2D eigenvalue weighted by Crippen LogP contribution is -2.39. The second-order valence-electron chi connectivity index (χ2n) is 3.95. The number of ether oxygens (including phenoxy) is 2. The van der Waals surface area contributed by atoms with E-state index in [1.54, 1.807) is 7.11 Å². The minimum atomic E-state index is -0.662. The minimum absolute atomic E-state index is 0.200. The molecule has 1 rings (SSSR count). The smallest absolute Gasteiger partial charge is 0.243 e. The van der Waals surface area contributed by atoms with Gasteiger partial charge in [0, 0.05) is 19.9 Å². The molecule has 5 heteroatoms. The van der Waals surface area contributed by atoms with E-state index in [2.05, 4.69) is 5.32 Å². The molecule has 0 bridgehead atoms. The zero-order valence-electron chi connectivity index (χ0n) is 10.8. The van der Waals surface area contributed by atoms with Crippen LogP contribution in [0.5, 0.6) is 0 Å². The van der Waals surface area contributed by atoms with Gasteiger partial charge >= 0.3 is 0 Å². The Balaban J connectivity index is 2.68. The van der Waals surface area contributed by atoms with Crippen LogP contribution < -0.4 is 11.1 Å². The molecule has 0 aliphatic heterocycles. The number of para-hydroxylation sites is 1. The van der Waals surface area contributed by atoms with E-state index >= 15 is 0 Å². The first kappa shape index (κ1) is 14.6. The molecule has 1 aromatic carbocycles. The number of nitrogens with two attached hydrogens (primary N) is 1. The Bertz CT molecular complexity index is 382. The van der Waals surface area contributed by atoms with Crippen LogP contribution in [0.2, 0.25) is 0 Å². The number of carbonyl (C=O) groups is 1. The quantitative estimate of drug-likeness (QED) is 0.752. The highest BCUT2D eigenvalue weighted by Crippen LogP contribution is 2.15. The summed E-state index contributed by atoms with van der Waals surface area (Å²) in [6.45, 7) is 0.809. The first-order chi connectivity index (χ1) is 8.69. The van der Waals surface area contributed by atoms with Crippen LogP contribution in [-0.4, -0.2) is 39.4 Å². The number of benzene rings is 1. The summed E-state index contributed by atoms with van der Waals surface area (Å²) < 4.78 is 9.89. The molecule has 1 amide bonds. The zero-order valence-corrected chi connectivity index (χ0v) is 10.8. The lowest BCUT2D eigenvalue weighted by atomic mass is 10.1. The highest BCUT2D eigenvalue weighted by molar-refractivity contribution is 5.95. The van der Waals surface area contributed by atoms with E-state index in [-0.39, 0.29) is 12.5 Å². The summed E-state index contributed by atoms with van der Waals surface area (Å²) in [4.78, 5) is 11.8. The summed E-state index contributed by atoms with van der Waals surface area (Å²) >= 11 is 0. The van der Waals surface area contributed by atoms with Crippen LogP contribution >= 0.6 is 0 Å². The molecule has 100 valence electrons. The third kappa shape index (κ3) is 4.44. The van der Waals surface area contributed by atoms with Gasteiger partial charge in [-0.15, -0.1) is 0 Å². The maximum atomic E-state index is 11.8. The Kier molecular flexibility index (Phi) is 6.35. The lowest BCUT2D eigenvalue weighted by Gasteiger charge is -2.14. The molecule has 3 N–H and O–H groups in total. The van der Waals surface area contributed by atoms with Gasteiger partial charge in [0.15, 0.2) is 0 Å². The largest absolute Gasteiger partial charge is 0.384 e. The number of amides is 1. The fourth-order valence-electron chi connectivity index (χ4n) is 1.55. The van der Waals surface area contributed by atoms with E-state index in [0.717, 1.165) is 17.7 Å². The molecule has 5 nitrogen and oxygen atoms in total. The van der Waals surface area contributed by atoms with Crippen molar-refractivity contribution in [3.8, 4) is 0 Å². The summed E-state index contributed by atoms with van der Waals surface area (Å²) in [6, 6.07) is 6.94. The molecular formula is C13H20N2O3. The van der Waals surface area contributed by atoms with Crippen molar-refractivity contribution in [2.75, 3.05) is 32.8 Å². The van der Waals surface area contributed by atoms with Crippen LogP contribution in [0.15, 0.2) is 24.3 Å². The van der Waals surface area contributed by atoms with Gasteiger partial charge in [0.25, 0.3) is 0 Å². The summed E-state index contributed by atoms with van der Waals surface area (Å²) in [5.74, 6) is -0.248. The summed E-state index contributed by atoms with van der Waals surface area (Å²) in [5, 5.41) is 2.80. The number of hydrogen-bond donors (Lipinski definition) is 2. The molecule has 1 atom stereocenters. The van der Waals surface area contributed by atoms with Gasteiger partial charge in [-0.05, 0) is 18.1 Å². The van der Waals surface area contributed by atoms with Crippen LogP contribution in [0.3, 0.4) is 0 Å². The van der Waals surface area contributed by atoms with Crippen molar-refractivity contribution in [2.24, 2.45) is 5.73 Å². The van der Waals surface area contributed by atoms with Crippen molar-refractivity contribution in [1.29, 1.82) is 0 Å². The van der Waals surface area contributed by atoms with Gasteiger partial charge in [-0.2, -0.15) is 0 Å². The van der Waals surface area contributed by atoms with Crippen LogP contribution in [0, 0.1) is 0 Å². The van der Waals surface area contributed by atoms with Gasteiger partial charge in [0.1, 0.15) is 6.04 Å². The number of methoxy groups -OCH3 is 2. The van der Waals surface area contributed by atoms with E-state index in [9.17, 15) is 4.79 Å². The van der Waals surface area contributed by atoms with E-state index < -0.39 is 6.04 Å². The van der Waals surface area contributed by atoms with Crippen LogP contribution in [0.1, 0.15) is 5.56 Å². The maximum Gasteiger partial charge on any atom is 0.243 e. The predicted molar refractivity (Wildman–Crippen MR) is 70.5 cm³/mol. The minimum Gasteiger partial charge on any atom is -0.384 e. The van der Waals surface area contributed by atoms with Crippen LogP contribution in [0.4, 0.5) is 5.69 Å². The van der Waals surface area contributed by atoms with Crippen LogP contribution in [-0.2, 0) is 20.7 Å². The van der Waals surface area contributed by atoms with Crippen molar-refractivity contribution >= 4 is 11.6 Å². The third-order valence-electron chi connectivity index (χ3n) is 2.53. The highest BCUT2D eigenvalue weighted by atomic mass is 16.5. The fourth-order valence-corrected chi connectivity index (χ4v) is 1.55. The molecule has 1 aromatic rings. The first-order valence-electron chi connectivity index (χ1n) is 5.81. The molecule has 0 spiro atoms. The predicted octanol–water partition coefficient (Wildman–Crippen LogP) is 0.788. The third-order valence-corrected chi connectivity index (χ3v) is 2.53. The average Bonchev–Trinajstić information content (AvgIpc) is 2.38. The zero-order chi connectivity index (χ0) is 13.4. The Morgan fingerprint density at radius 1 is 1.33 bits per heavy atom. The van der Waals surface area contributed by atoms with Crippen LogP contribution in [0.25, 0.3) is 0 Å². The summed E-state index contributed by atoms with van der Waals surface area (Å²) in [5.41, 5.74) is 7.46. The standard InChI is InChI=1S/C13H20N2O3/c1-17-8-7-10-5-3-4-6-12(10)15-13(16)11(14)9-18-2/h3-6,11H,7-9,14H2,1-2H3,(H,15,16). The van der Waals surface area contributed by atoms with Crippen molar-refractivity contribution < 1.29 is 14.3 Å². The van der Waals surface area contributed by atoms with Gasteiger partial charge in [-0.1, -0.05) is 18.2 Å². The van der Waals surface area contributed by atoms with E-state index in [1.165, 1.54) is 7.11 Å². The van der Waals surface area contributed by atoms with Gasteiger partial charge in [0.05, 0.1) is 13.2 Å². The molecule has 0 heterocycles. The molecule has 0 saturated carbocycles. The summed E-state index contributed by atoms with van der Waals surface area (Å²) in [6.07, 6.45) is 0.743. The number of carbonyl (C=O) groups excluding carboxylic acids is 1. The van der Waals surface area contributed by atoms with E-state index in [1.807, 2.05) is 24.3 Å². The summed E-state index contributed by atoms with van der Waals surface area (Å²) in [7, 11) is 3.16. The Morgan fingerprint density at radius 2 is 2.06 bits per heavy atom. The lowest BCUT2D eigenvalue weighted by molar-refractivity contribution is -0.118. The normalized spacial score (nSPS) is 12.2. The fraction of sp³-hybridized carbons (Fsp3) is 0.462. The molecule has 0 fully saturated rings. The van der Waals surface area contributed by atoms with Gasteiger partial charge in [-0.25, -0.2) is 0 Å². The molecule has 0 radical (unpaired) electrons. The Morgan fingerprint density at radius 3 is 2.72 bits per heavy atom. The van der Waals surface area contributed by atoms with Crippen molar-refractivity contribution in [2.45, 2.75) is 12.5 Å². The Hall–Kier alpha value is -1.43. The van der Waals surface area contributed by atoms with Gasteiger partial charge in [0.2, 0.25) is 5.91 Å². The van der Waals surface area contributed by atoms with Crippen molar-refractivity contribution in [3.05, 3.63) is 29.8 Å². The van der Waals surface area contributed by atoms with E-state index in [4.69, 9.17) is 15.2 Å². The number of nitrogens with one attached hydrogen (secondary N) is 1. The second kappa shape index (κ2) is 7.81. The highest BCUT2D eigenvalue weighted by Gasteiger charge is 2.14. The SMILES string of the molecule is COCCc1ccccc1NC(=O)C(N)COC. The molecule has 18 heavy (non-hydrogen) atoms. The Labute approximate surface area is 107 Å². The maximum absolute atomic E-state index is 11.8. The van der Waals surface area contributed by atoms with Gasteiger partial charge < -0.3 is 20.5 Å². The van der Waals surface area contributed by atoms with Crippen molar-refractivity contribution in [1.82, 2.24) is 0 Å². The molecule has 0 saturated heterocycles. The van der Waals surface area contributed by atoms with Crippen molar-refractivity contribution in [3.63, 3.8) is 0 Å². The molecule has 0 aliphatic rings. The molecule has 0 aliphatic carbocycles. The number of anilines is 1. The average molecular weight is 252 g/mol. The monoisotopic (exact) mass is 252 g/mol.